The lowest BCUT2D eigenvalue weighted by atomic mass is 10.1. The first-order valence-corrected chi connectivity index (χ1v) is 10.1. The van der Waals surface area contributed by atoms with Gasteiger partial charge < -0.3 is 19.9 Å². The lowest BCUT2D eigenvalue weighted by molar-refractivity contribution is -0.133. The van der Waals surface area contributed by atoms with E-state index in [4.69, 9.17) is 0 Å². The van der Waals surface area contributed by atoms with Crippen LogP contribution in [-0.2, 0) is 4.79 Å². The smallest absolute Gasteiger partial charge is 0.387 e. The van der Waals surface area contributed by atoms with Crippen LogP contribution < -0.4 is 10.1 Å². The summed E-state index contributed by atoms with van der Waals surface area (Å²) in [6.45, 7) is -0.420. The van der Waals surface area contributed by atoms with E-state index in [1.54, 1.807) is 21.9 Å². The molecule has 0 aliphatic carbocycles. The summed E-state index contributed by atoms with van der Waals surface area (Å²) >= 11 is 1.85. The minimum absolute atomic E-state index is 0.0866. The van der Waals surface area contributed by atoms with Gasteiger partial charge in [-0.2, -0.15) is 20.5 Å². The number of hydrogen-bond acceptors (Lipinski definition) is 5. The summed E-state index contributed by atoms with van der Waals surface area (Å²) in [4.78, 5) is 28.5. The molecule has 0 radical (unpaired) electrons. The third-order valence-corrected chi connectivity index (χ3v) is 5.80. The fourth-order valence-electron chi connectivity index (χ4n) is 3.26. The van der Waals surface area contributed by atoms with Gasteiger partial charge in [-0.25, -0.2) is 0 Å². The number of benzene rings is 1. The predicted octanol–water partition coefficient (Wildman–Crippen LogP) is 1.67. The van der Waals surface area contributed by atoms with Crippen LogP contribution in [0.25, 0.3) is 0 Å². The normalized spacial score (nSPS) is 20.6. The van der Waals surface area contributed by atoms with Crippen molar-refractivity contribution in [1.29, 1.82) is 0 Å². The Bertz CT molecular complexity index is 663. The summed E-state index contributed by atoms with van der Waals surface area (Å²) in [6, 6.07) is 6.19. The number of nitrogens with zero attached hydrogens (tertiary/aromatic N) is 2. The van der Waals surface area contributed by atoms with E-state index in [1.807, 2.05) is 11.8 Å². The van der Waals surface area contributed by atoms with Gasteiger partial charge in [-0.3, -0.25) is 9.59 Å². The van der Waals surface area contributed by atoms with Crippen LogP contribution in [0, 0.1) is 0 Å². The summed E-state index contributed by atoms with van der Waals surface area (Å²) in [7, 11) is 0. The molecule has 2 heterocycles. The average molecular weight is 399 g/mol. The summed E-state index contributed by atoms with van der Waals surface area (Å²) in [6.07, 6.45) is 0.464. The van der Waals surface area contributed by atoms with Gasteiger partial charge in [-0.15, -0.1) is 0 Å². The third kappa shape index (κ3) is 5.32. The van der Waals surface area contributed by atoms with Crippen molar-refractivity contribution < 1.29 is 23.1 Å². The number of hydrogen-bond donors (Lipinski definition) is 1. The number of para-hydroxylation sites is 1. The van der Waals surface area contributed by atoms with Crippen molar-refractivity contribution in [2.45, 2.75) is 19.1 Å². The zero-order valence-corrected chi connectivity index (χ0v) is 15.7. The van der Waals surface area contributed by atoms with Crippen molar-refractivity contribution in [3.63, 3.8) is 0 Å². The van der Waals surface area contributed by atoms with Crippen LogP contribution >= 0.6 is 11.8 Å². The maximum atomic E-state index is 12.7. The van der Waals surface area contributed by atoms with E-state index in [1.165, 1.54) is 12.1 Å². The van der Waals surface area contributed by atoms with Crippen molar-refractivity contribution in [2.24, 2.45) is 0 Å². The number of carbonyl (C=O) groups is 2. The second kappa shape index (κ2) is 9.36. The Morgan fingerprint density at radius 3 is 2.56 bits per heavy atom. The Morgan fingerprint density at radius 2 is 1.89 bits per heavy atom. The SMILES string of the molecule is O=C(CC1CSCCN1)N1CCN(C(=O)c2ccccc2OC(F)F)CC1. The molecule has 2 aliphatic heterocycles. The Labute approximate surface area is 161 Å². The average Bonchev–Trinajstić information content (AvgIpc) is 2.68. The highest BCUT2D eigenvalue weighted by molar-refractivity contribution is 7.99. The number of carbonyl (C=O) groups excluding carboxylic acids is 2. The van der Waals surface area contributed by atoms with Crippen LogP contribution in [0.1, 0.15) is 16.8 Å². The summed E-state index contributed by atoms with van der Waals surface area (Å²) in [5.74, 6) is 1.61. The molecule has 0 bridgehead atoms. The molecule has 2 aliphatic rings. The number of thioether (sulfide) groups is 1. The van der Waals surface area contributed by atoms with E-state index < -0.39 is 6.61 Å². The van der Waals surface area contributed by atoms with Crippen LogP contribution in [0.4, 0.5) is 8.78 Å². The first-order valence-electron chi connectivity index (χ1n) is 8.96. The molecule has 0 aromatic heterocycles. The quantitative estimate of drug-likeness (QED) is 0.816. The number of nitrogens with one attached hydrogen (secondary N) is 1. The standard InChI is InChI=1S/C18H23F2N3O3S/c19-18(20)26-15-4-2-1-3-14(15)17(25)23-8-6-22(7-9-23)16(24)11-13-12-27-10-5-21-13/h1-4,13,18,21H,5-12H2. The molecule has 2 saturated heterocycles. The number of piperazine rings is 1. The maximum Gasteiger partial charge on any atom is 0.387 e. The summed E-state index contributed by atoms with van der Waals surface area (Å²) in [5.41, 5.74) is 0.112. The van der Waals surface area contributed by atoms with Crippen molar-refractivity contribution in [2.75, 3.05) is 44.2 Å². The summed E-state index contributed by atoms with van der Waals surface area (Å²) < 4.78 is 29.5. The van der Waals surface area contributed by atoms with Crippen LogP contribution in [0.3, 0.4) is 0 Å². The molecule has 6 nitrogen and oxygen atoms in total. The molecule has 2 fully saturated rings. The second-order valence-corrected chi connectivity index (χ2v) is 7.63. The molecule has 1 aromatic rings. The lowest BCUT2D eigenvalue weighted by Gasteiger charge is -2.36. The first kappa shape index (κ1) is 19.9. The number of amides is 2. The molecule has 1 atom stereocenters. The zero-order valence-electron chi connectivity index (χ0n) is 14.9. The fourth-order valence-corrected chi connectivity index (χ4v) is 4.21. The minimum Gasteiger partial charge on any atom is -0.434 e. The van der Waals surface area contributed by atoms with Crippen molar-refractivity contribution >= 4 is 23.6 Å². The van der Waals surface area contributed by atoms with E-state index in [-0.39, 0.29) is 29.2 Å². The molecule has 27 heavy (non-hydrogen) atoms. The highest BCUT2D eigenvalue weighted by Gasteiger charge is 2.28. The van der Waals surface area contributed by atoms with Gasteiger partial charge in [0.15, 0.2) is 0 Å². The molecule has 2 amide bonds. The Hall–Kier alpha value is -1.87. The second-order valence-electron chi connectivity index (χ2n) is 6.48. The summed E-state index contributed by atoms with van der Waals surface area (Å²) in [5, 5.41) is 3.35. The molecule has 3 rings (SSSR count). The molecule has 0 spiro atoms. The van der Waals surface area contributed by atoms with Crippen LogP contribution in [0.5, 0.6) is 5.75 Å². The monoisotopic (exact) mass is 399 g/mol. The molecule has 0 saturated carbocycles. The topological polar surface area (TPSA) is 61.9 Å². The van der Waals surface area contributed by atoms with Gasteiger partial charge in [0.25, 0.3) is 5.91 Å². The van der Waals surface area contributed by atoms with E-state index in [9.17, 15) is 18.4 Å². The number of halogens is 2. The van der Waals surface area contributed by atoms with Crippen molar-refractivity contribution in [3.05, 3.63) is 29.8 Å². The van der Waals surface area contributed by atoms with Crippen molar-refractivity contribution in [3.8, 4) is 5.75 Å². The number of alkyl halides is 2. The molecule has 148 valence electrons. The Balaban J connectivity index is 1.54. The van der Waals surface area contributed by atoms with Gasteiger partial charge in [-0.1, -0.05) is 12.1 Å². The first-order chi connectivity index (χ1) is 13.0. The predicted molar refractivity (Wildman–Crippen MR) is 99.3 cm³/mol. The van der Waals surface area contributed by atoms with E-state index >= 15 is 0 Å². The van der Waals surface area contributed by atoms with Crippen molar-refractivity contribution in [1.82, 2.24) is 15.1 Å². The molecule has 1 aromatic carbocycles. The highest BCUT2D eigenvalue weighted by Crippen LogP contribution is 2.22. The van der Waals surface area contributed by atoms with E-state index in [0.717, 1.165) is 18.1 Å². The van der Waals surface area contributed by atoms with Crippen LogP contribution in [0.15, 0.2) is 24.3 Å². The molecule has 1 N–H and O–H groups in total. The number of rotatable bonds is 5. The van der Waals surface area contributed by atoms with Gasteiger partial charge in [-0.05, 0) is 12.1 Å². The lowest BCUT2D eigenvalue weighted by Crippen LogP contribution is -2.52. The molecular formula is C18H23F2N3O3S. The van der Waals surface area contributed by atoms with Crippen LogP contribution in [0.2, 0.25) is 0 Å². The third-order valence-electron chi connectivity index (χ3n) is 4.67. The fraction of sp³-hybridized carbons (Fsp3) is 0.556. The minimum atomic E-state index is -2.99. The van der Waals surface area contributed by atoms with Gasteiger partial charge in [0.2, 0.25) is 5.91 Å². The van der Waals surface area contributed by atoms with Crippen LogP contribution in [-0.4, -0.2) is 78.5 Å². The number of ether oxygens (including phenoxy) is 1. The Kier molecular flexibility index (Phi) is 6.89. The van der Waals surface area contributed by atoms with E-state index in [0.29, 0.717) is 32.6 Å². The highest BCUT2D eigenvalue weighted by atomic mass is 32.2. The molecular weight excluding hydrogens is 376 g/mol. The van der Waals surface area contributed by atoms with Gasteiger partial charge in [0.1, 0.15) is 5.75 Å². The molecule has 9 heteroatoms. The van der Waals surface area contributed by atoms with Gasteiger partial charge in [0.05, 0.1) is 5.56 Å². The van der Waals surface area contributed by atoms with Gasteiger partial charge in [0, 0.05) is 56.7 Å². The van der Waals surface area contributed by atoms with Gasteiger partial charge >= 0.3 is 6.61 Å². The van der Waals surface area contributed by atoms with E-state index in [2.05, 4.69) is 10.1 Å². The maximum absolute atomic E-state index is 12.7. The molecule has 1 unspecified atom stereocenters. The largest absolute Gasteiger partial charge is 0.434 e. The zero-order chi connectivity index (χ0) is 19.2. The Morgan fingerprint density at radius 1 is 1.19 bits per heavy atom.